The van der Waals surface area contributed by atoms with E-state index in [4.69, 9.17) is 5.73 Å². The van der Waals surface area contributed by atoms with Crippen LogP contribution in [0.2, 0.25) is 0 Å². The van der Waals surface area contributed by atoms with Gasteiger partial charge >= 0.3 is 0 Å². The normalized spacial score (nSPS) is 13.3. The zero-order valence-electron chi connectivity index (χ0n) is 11.3. The maximum absolute atomic E-state index is 12.0. The largest absolute Gasteiger partial charge is 0.330 e. The Bertz CT molecular complexity index is 555. The van der Waals surface area contributed by atoms with Gasteiger partial charge in [-0.05, 0) is 18.2 Å². The average Bonchev–Trinajstić information content (AvgIpc) is 2.37. The van der Waals surface area contributed by atoms with Crippen molar-refractivity contribution in [1.82, 2.24) is 4.31 Å². The highest BCUT2D eigenvalue weighted by molar-refractivity contribution is 7.89. The molecule has 106 valence electrons. The fourth-order valence-electron chi connectivity index (χ4n) is 1.32. The van der Waals surface area contributed by atoms with E-state index < -0.39 is 10.0 Å². The molecular weight excluding hydrogens is 266 g/mol. The fourth-order valence-corrected chi connectivity index (χ4v) is 2.27. The predicted molar refractivity (Wildman–Crippen MR) is 74.2 cm³/mol. The summed E-state index contributed by atoms with van der Waals surface area (Å²) in [7, 11) is -0.593. The van der Waals surface area contributed by atoms with Gasteiger partial charge in [0.2, 0.25) is 15.9 Å². The van der Waals surface area contributed by atoms with Crippen LogP contribution in [-0.2, 0) is 14.8 Å². The van der Waals surface area contributed by atoms with Gasteiger partial charge in [0.15, 0.2) is 0 Å². The van der Waals surface area contributed by atoms with E-state index in [1.54, 1.807) is 19.1 Å². The number of sulfonamides is 1. The number of hydrogen-bond donors (Lipinski definition) is 2. The van der Waals surface area contributed by atoms with Crippen molar-refractivity contribution in [3.8, 4) is 0 Å². The molecule has 0 aliphatic heterocycles. The van der Waals surface area contributed by atoms with Gasteiger partial charge < -0.3 is 11.1 Å². The Morgan fingerprint density at radius 2 is 2.05 bits per heavy atom. The van der Waals surface area contributed by atoms with Gasteiger partial charge in [-0.2, -0.15) is 0 Å². The molecule has 0 aliphatic carbocycles. The average molecular weight is 285 g/mol. The van der Waals surface area contributed by atoms with Crippen LogP contribution in [0.15, 0.2) is 29.2 Å². The first-order valence-corrected chi connectivity index (χ1v) is 7.26. The predicted octanol–water partition coefficient (Wildman–Crippen LogP) is 0.470. The molecular formula is C12H19N3O3S. The van der Waals surface area contributed by atoms with Crippen LogP contribution < -0.4 is 11.1 Å². The molecule has 1 aromatic carbocycles. The van der Waals surface area contributed by atoms with E-state index in [2.05, 4.69) is 5.32 Å². The fraction of sp³-hybridized carbons (Fsp3) is 0.417. The summed E-state index contributed by atoms with van der Waals surface area (Å²) in [5.41, 5.74) is 5.84. The minimum absolute atomic E-state index is 0.135. The molecule has 0 heterocycles. The molecule has 0 spiro atoms. The van der Waals surface area contributed by atoms with Gasteiger partial charge in [0.05, 0.1) is 4.90 Å². The van der Waals surface area contributed by atoms with Crippen LogP contribution in [0.5, 0.6) is 0 Å². The van der Waals surface area contributed by atoms with Crippen molar-refractivity contribution in [1.29, 1.82) is 0 Å². The van der Waals surface area contributed by atoms with Crippen LogP contribution in [-0.4, -0.2) is 39.3 Å². The van der Waals surface area contributed by atoms with Crippen LogP contribution >= 0.6 is 0 Å². The summed E-state index contributed by atoms with van der Waals surface area (Å²) in [6.45, 7) is 1.94. The van der Waals surface area contributed by atoms with Gasteiger partial charge in [0.1, 0.15) is 0 Å². The second kappa shape index (κ2) is 6.14. The quantitative estimate of drug-likeness (QED) is 0.822. The van der Waals surface area contributed by atoms with Gasteiger partial charge in [0, 0.05) is 32.2 Å². The number of carbonyl (C=O) groups is 1. The topological polar surface area (TPSA) is 92.5 Å². The van der Waals surface area contributed by atoms with Crippen molar-refractivity contribution < 1.29 is 13.2 Å². The summed E-state index contributed by atoms with van der Waals surface area (Å²) in [4.78, 5) is 11.8. The molecule has 1 unspecified atom stereocenters. The van der Waals surface area contributed by atoms with Crippen LogP contribution in [0.3, 0.4) is 0 Å². The Labute approximate surface area is 113 Å². The first kappa shape index (κ1) is 15.6. The summed E-state index contributed by atoms with van der Waals surface area (Å²) in [5.74, 6) is -0.559. The van der Waals surface area contributed by atoms with Crippen molar-refractivity contribution in [3.63, 3.8) is 0 Å². The second-order valence-corrected chi connectivity index (χ2v) is 6.59. The van der Waals surface area contributed by atoms with Crippen LogP contribution in [0, 0.1) is 5.92 Å². The summed E-state index contributed by atoms with van der Waals surface area (Å²) in [5, 5.41) is 2.64. The Morgan fingerprint density at radius 3 is 2.58 bits per heavy atom. The highest BCUT2D eigenvalue weighted by Crippen LogP contribution is 2.18. The lowest BCUT2D eigenvalue weighted by Crippen LogP contribution is -2.27. The molecule has 0 bridgehead atoms. The number of nitrogens with one attached hydrogen (secondary N) is 1. The zero-order chi connectivity index (χ0) is 14.6. The van der Waals surface area contributed by atoms with E-state index in [0.717, 1.165) is 4.31 Å². The molecule has 7 heteroatoms. The number of nitrogens with zero attached hydrogens (tertiary/aromatic N) is 1. The van der Waals surface area contributed by atoms with E-state index in [1.807, 2.05) is 0 Å². The molecule has 0 radical (unpaired) electrons. The maximum atomic E-state index is 12.0. The minimum atomic E-state index is -3.50. The van der Waals surface area contributed by atoms with E-state index in [-0.39, 0.29) is 23.3 Å². The lowest BCUT2D eigenvalue weighted by atomic mass is 10.1. The molecule has 0 aromatic heterocycles. The standard InChI is InChI=1S/C12H19N3O3S/c1-9(8-13)12(16)14-10-5-4-6-11(7-10)19(17,18)15(2)3/h4-7,9H,8,13H2,1-3H3,(H,14,16). The van der Waals surface area contributed by atoms with Crippen molar-refractivity contribution in [2.75, 3.05) is 26.0 Å². The third-order valence-electron chi connectivity index (χ3n) is 2.68. The van der Waals surface area contributed by atoms with Gasteiger partial charge in [-0.3, -0.25) is 4.79 Å². The monoisotopic (exact) mass is 285 g/mol. The Kier molecular flexibility index (Phi) is 5.04. The lowest BCUT2D eigenvalue weighted by Gasteiger charge is -2.13. The third-order valence-corrected chi connectivity index (χ3v) is 4.49. The van der Waals surface area contributed by atoms with E-state index >= 15 is 0 Å². The van der Waals surface area contributed by atoms with Gasteiger partial charge in [-0.15, -0.1) is 0 Å². The molecule has 0 fully saturated rings. The number of nitrogens with two attached hydrogens (primary N) is 1. The highest BCUT2D eigenvalue weighted by Gasteiger charge is 2.18. The summed E-state index contributed by atoms with van der Waals surface area (Å²) < 4.78 is 25.0. The Hall–Kier alpha value is -1.44. The summed E-state index contributed by atoms with van der Waals surface area (Å²) in [6, 6.07) is 6.13. The molecule has 3 N–H and O–H groups in total. The highest BCUT2D eigenvalue weighted by atomic mass is 32.2. The molecule has 19 heavy (non-hydrogen) atoms. The molecule has 1 atom stereocenters. The van der Waals surface area contributed by atoms with Crippen LogP contribution in [0.1, 0.15) is 6.92 Å². The molecule has 6 nitrogen and oxygen atoms in total. The van der Waals surface area contributed by atoms with Gasteiger partial charge in [-0.1, -0.05) is 13.0 Å². The first-order chi connectivity index (χ1) is 8.78. The number of benzene rings is 1. The number of anilines is 1. The Morgan fingerprint density at radius 1 is 1.42 bits per heavy atom. The molecule has 1 rings (SSSR count). The number of rotatable bonds is 5. The van der Waals surface area contributed by atoms with E-state index in [9.17, 15) is 13.2 Å². The van der Waals surface area contributed by atoms with Crippen molar-refractivity contribution in [2.24, 2.45) is 11.7 Å². The molecule has 1 amide bonds. The number of carbonyl (C=O) groups excluding carboxylic acids is 1. The lowest BCUT2D eigenvalue weighted by molar-refractivity contribution is -0.119. The maximum Gasteiger partial charge on any atom is 0.242 e. The molecule has 0 aliphatic rings. The van der Waals surface area contributed by atoms with E-state index in [1.165, 1.54) is 26.2 Å². The van der Waals surface area contributed by atoms with E-state index in [0.29, 0.717) is 5.69 Å². The molecule has 0 saturated heterocycles. The van der Waals surface area contributed by atoms with Crippen molar-refractivity contribution >= 4 is 21.6 Å². The van der Waals surface area contributed by atoms with Crippen molar-refractivity contribution in [2.45, 2.75) is 11.8 Å². The number of amides is 1. The van der Waals surface area contributed by atoms with Crippen molar-refractivity contribution in [3.05, 3.63) is 24.3 Å². The summed E-state index contributed by atoms with van der Waals surface area (Å²) in [6.07, 6.45) is 0. The van der Waals surface area contributed by atoms with Crippen LogP contribution in [0.25, 0.3) is 0 Å². The SMILES string of the molecule is CC(CN)C(=O)Nc1cccc(S(=O)(=O)N(C)C)c1. The third kappa shape index (κ3) is 3.76. The number of hydrogen-bond acceptors (Lipinski definition) is 4. The molecule has 1 aromatic rings. The zero-order valence-corrected chi connectivity index (χ0v) is 12.1. The summed E-state index contributed by atoms with van der Waals surface area (Å²) >= 11 is 0. The molecule has 0 saturated carbocycles. The Balaban J connectivity index is 2.99. The minimum Gasteiger partial charge on any atom is -0.330 e. The van der Waals surface area contributed by atoms with Crippen LogP contribution in [0.4, 0.5) is 5.69 Å². The smallest absolute Gasteiger partial charge is 0.242 e. The van der Waals surface area contributed by atoms with Gasteiger partial charge in [0.25, 0.3) is 0 Å². The van der Waals surface area contributed by atoms with Gasteiger partial charge in [-0.25, -0.2) is 12.7 Å². The second-order valence-electron chi connectivity index (χ2n) is 4.44. The first-order valence-electron chi connectivity index (χ1n) is 5.82.